The van der Waals surface area contributed by atoms with E-state index in [9.17, 15) is 15.1 Å². The van der Waals surface area contributed by atoms with E-state index >= 15 is 0 Å². The van der Waals surface area contributed by atoms with Crippen LogP contribution < -0.4 is 0 Å². The first kappa shape index (κ1) is 15.0. The van der Waals surface area contributed by atoms with E-state index in [1.807, 2.05) is 30.3 Å². The smallest absolute Gasteiger partial charge is 0.121 e. The van der Waals surface area contributed by atoms with E-state index in [0.29, 0.717) is 12.1 Å². The highest BCUT2D eigenvalue weighted by Gasteiger charge is 2.25. The minimum absolute atomic E-state index is 0.00223. The largest absolute Gasteiger partial charge is 0.508 e. The number of rotatable bonds is 6. The molecule has 21 heavy (non-hydrogen) atoms. The van der Waals surface area contributed by atoms with E-state index in [2.05, 4.69) is 5.29 Å². The van der Waals surface area contributed by atoms with Crippen molar-refractivity contribution in [1.29, 1.82) is 0 Å². The second kappa shape index (κ2) is 6.85. The maximum absolute atomic E-state index is 11.1. The number of para-hydroxylation sites is 1. The zero-order valence-electron chi connectivity index (χ0n) is 11.8. The summed E-state index contributed by atoms with van der Waals surface area (Å²) in [5.41, 5.74) is 1.31. The van der Waals surface area contributed by atoms with Crippen molar-refractivity contribution >= 4 is 0 Å². The Kier molecular flexibility index (Phi) is 4.90. The first-order chi connectivity index (χ1) is 10.1. The van der Waals surface area contributed by atoms with Crippen LogP contribution in [0.3, 0.4) is 0 Å². The van der Waals surface area contributed by atoms with Crippen LogP contribution in [0.2, 0.25) is 0 Å². The zero-order chi connectivity index (χ0) is 15.2. The third-order valence-electron chi connectivity index (χ3n) is 3.47. The van der Waals surface area contributed by atoms with Gasteiger partial charge < -0.3 is 10.2 Å². The maximum Gasteiger partial charge on any atom is 0.121 e. The Balaban J connectivity index is 2.14. The van der Waals surface area contributed by atoms with Crippen LogP contribution in [0, 0.1) is 4.91 Å². The Bertz CT molecular complexity index is 589. The number of nitroso groups, excluding NO2 is 1. The van der Waals surface area contributed by atoms with Gasteiger partial charge in [-0.3, -0.25) is 5.01 Å². The molecular formula is C16H18N2O3. The van der Waals surface area contributed by atoms with Crippen molar-refractivity contribution < 1.29 is 10.2 Å². The Labute approximate surface area is 123 Å². The fourth-order valence-electron chi connectivity index (χ4n) is 2.18. The zero-order valence-corrected chi connectivity index (χ0v) is 11.8. The first-order valence-corrected chi connectivity index (χ1v) is 6.73. The molecule has 0 spiro atoms. The quantitative estimate of drug-likeness (QED) is 0.632. The van der Waals surface area contributed by atoms with Crippen LogP contribution in [0.5, 0.6) is 5.75 Å². The third-order valence-corrected chi connectivity index (χ3v) is 3.47. The van der Waals surface area contributed by atoms with Crippen molar-refractivity contribution in [3.63, 3.8) is 0 Å². The molecule has 1 unspecified atom stereocenters. The molecule has 2 aromatic carbocycles. The van der Waals surface area contributed by atoms with Gasteiger partial charge >= 0.3 is 0 Å². The van der Waals surface area contributed by atoms with Crippen molar-refractivity contribution in [2.24, 2.45) is 5.29 Å². The molecule has 0 amide bonds. The number of aliphatic hydroxyl groups excluding tert-OH is 1. The lowest BCUT2D eigenvalue weighted by atomic mass is 10.0. The molecule has 0 aliphatic carbocycles. The van der Waals surface area contributed by atoms with Gasteiger partial charge in [-0.25, -0.2) is 0 Å². The lowest BCUT2D eigenvalue weighted by Gasteiger charge is -2.27. The minimum Gasteiger partial charge on any atom is -0.508 e. The van der Waals surface area contributed by atoms with Gasteiger partial charge in [0.2, 0.25) is 0 Å². The topological polar surface area (TPSA) is 73.1 Å². The molecule has 2 aromatic rings. The highest BCUT2D eigenvalue weighted by molar-refractivity contribution is 5.34. The summed E-state index contributed by atoms with van der Waals surface area (Å²) in [6, 6.07) is 15.4. The van der Waals surface area contributed by atoms with Crippen LogP contribution in [0.1, 0.15) is 24.2 Å². The van der Waals surface area contributed by atoms with Gasteiger partial charge in [0.25, 0.3) is 0 Å². The summed E-state index contributed by atoms with van der Waals surface area (Å²) < 4.78 is 0. The first-order valence-electron chi connectivity index (χ1n) is 6.73. The maximum atomic E-state index is 11.1. The van der Waals surface area contributed by atoms with E-state index in [1.54, 1.807) is 25.1 Å². The molecule has 0 radical (unpaired) electrons. The number of hydrogen-bond acceptors (Lipinski definition) is 4. The molecule has 0 aromatic heterocycles. The standard InChI is InChI=1S/C16H18N2O3/c1-12(16(20)14-9-5-6-10-15(14)19)18(17-21)11-13-7-3-2-4-8-13/h2-10,12,16,19-20H,11H2,1H3/t12?,16-/m0/s1. The molecule has 110 valence electrons. The summed E-state index contributed by atoms with van der Waals surface area (Å²) in [6.45, 7) is 2.00. The van der Waals surface area contributed by atoms with Crippen LogP contribution in [0.25, 0.3) is 0 Å². The van der Waals surface area contributed by atoms with E-state index < -0.39 is 12.1 Å². The molecule has 5 heteroatoms. The van der Waals surface area contributed by atoms with Gasteiger partial charge in [-0.15, -0.1) is 4.91 Å². The van der Waals surface area contributed by atoms with Crippen molar-refractivity contribution in [1.82, 2.24) is 5.01 Å². The molecule has 0 fully saturated rings. The monoisotopic (exact) mass is 286 g/mol. The number of aromatic hydroxyl groups is 1. The Morgan fingerprint density at radius 2 is 1.71 bits per heavy atom. The normalized spacial score (nSPS) is 13.4. The lowest BCUT2D eigenvalue weighted by molar-refractivity contribution is 0.0522. The molecule has 0 saturated carbocycles. The van der Waals surface area contributed by atoms with Crippen LogP contribution in [-0.2, 0) is 6.54 Å². The van der Waals surface area contributed by atoms with Crippen LogP contribution in [0.4, 0.5) is 0 Å². The number of phenolic OH excluding ortho intramolecular Hbond substituents is 1. The van der Waals surface area contributed by atoms with Crippen LogP contribution in [-0.4, -0.2) is 21.3 Å². The Morgan fingerprint density at radius 3 is 2.33 bits per heavy atom. The average Bonchev–Trinajstić information content (AvgIpc) is 2.53. The fraction of sp³-hybridized carbons (Fsp3) is 0.250. The summed E-state index contributed by atoms with van der Waals surface area (Å²) in [4.78, 5) is 11.1. The molecule has 0 aliphatic heterocycles. The molecule has 0 saturated heterocycles. The van der Waals surface area contributed by atoms with Gasteiger partial charge in [0, 0.05) is 5.56 Å². The van der Waals surface area contributed by atoms with Crippen molar-refractivity contribution in [3.05, 3.63) is 70.6 Å². The van der Waals surface area contributed by atoms with Gasteiger partial charge in [0.15, 0.2) is 0 Å². The molecule has 5 nitrogen and oxygen atoms in total. The molecule has 2 rings (SSSR count). The van der Waals surface area contributed by atoms with Gasteiger partial charge in [-0.2, -0.15) is 0 Å². The predicted molar refractivity (Wildman–Crippen MR) is 80.3 cm³/mol. The van der Waals surface area contributed by atoms with Gasteiger partial charge in [0.1, 0.15) is 11.9 Å². The number of phenols is 1. The Morgan fingerprint density at radius 1 is 1.10 bits per heavy atom. The predicted octanol–water partition coefficient (Wildman–Crippen LogP) is 3.00. The lowest BCUT2D eigenvalue weighted by Crippen LogP contribution is -2.33. The summed E-state index contributed by atoms with van der Waals surface area (Å²) in [6.07, 6.45) is -1.01. The van der Waals surface area contributed by atoms with E-state index in [1.165, 1.54) is 11.1 Å². The molecule has 2 atom stereocenters. The summed E-state index contributed by atoms with van der Waals surface area (Å²) in [7, 11) is 0. The molecule has 2 N–H and O–H groups in total. The SMILES string of the molecule is CC([C@H](O)c1ccccc1O)N(Cc1ccccc1)N=O. The van der Waals surface area contributed by atoms with Gasteiger partial charge in [-0.1, -0.05) is 48.5 Å². The number of hydrogen-bond donors (Lipinski definition) is 2. The molecular weight excluding hydrogens is 268 g/mol. The second-order valence-corrected chi connectivity index (χ2v) is 4.91. The number of aliphatic hydroxyl groups is 1. The van der Waals surface area contributed by atoms with Gasteiger partial charge in [-0.05, 0) is 18.6 Å². The average molecular weight is 286 g/mol. The third kappa shape index (κ3) is 3.58. The van der Waals surface area contributed by atoms with E-state index in [0.717, 1.165) is 5.56 Å². The van der Waals surface area contributed by atoms with Crippen molar-refractivity contribution in [2.45, 2.75) is 25.6 Å². The fourth-order valence-corrected chi connectivity index (χ4v) is 2.18. The molecule has 0 bridgehead atoms. The van der Waals surface area contributed by atoms with Crippen LogP contribution >= 0.6 is 0 Å². The highest BCUT2D eigenvalue weighted by atomic mass is 16.3. The second-order valence-electron chi connectivity index (χ2n) is 4.91. The molecule has 0 aliphatic rings. The van der Waals surface area contributed by atoms with Crippen LogP contribution in [0.15, 0.2) is 59.9 Å². The van der Waals surface area contributed by atoms with Crippen molar-refractivity contribution in [2.75, 3.05) is 0 Å². The molecule has 0 heterocycles. The minimum atomic E-state index is -1.01. The van der Waals surface area contributed by atoms with E-state index in [-0.39, 0.29) is 5.75 Å². The summed E-state index contributed by atoms with van der Waals surface area (Å²) >= 11 is 0. The van der Waals surface area contributed by atoms with Gasteiger partial charge in [0.05, 0.1) is 17.9 Å². The Hall–Kier alpha value is -2.40. The summed E-state index contributed by atoms with van der Waals surface area (Å²) in [5.74, 6) is 0.00223. The number of benzene rings is 2. The number of nitrogens with zero attached hydrogens (tertiary/aromatic N) is 2. The summed E-state index contributed by atoms with van der Waals surface area (Å²) in [5, 5.41) is 24.4. The van der Waals surface area contributed by atoms with E-state index in [4.69, 9.17) is 0 Å². The highest BCUT2D eigenvalue weighted by Crippen LogP contribution is 2.28. The van der Waals surface area contributed by atoms with Crippen molar-refractivity contribution in [3.8, 4) is 5.75 Å².